The number of piperazine rings is 1. The Balaban J connectivity index is 1.18. The Kier molecular flexibility index (Phi) is 6.45. The van der Waals surface area contributed by atoms with Gasteiger partial charge < -0.3 is 24.3 Å². The van der Waals surface area contributed by atoms with E-state index in [1.807, 2.05) is 35.2 Å². The fraction of sp³-hybridized carbons (Fsp3) is 0.478. The van der Waals surface area contributed by atoms with Crippen LogP contribution in [0.5, 0.6) is 0 Å². The molecule has 4 heterocycles. The third-order valence-corrected chi connectivity index (χ3v) is 6.92. The number of carbonyl (C=O) groups is 2. The quantitative estimate of drug-likeness (QED) is 0.614. The van der Waals surface area contributed by atoms with Gasteiger partial charge in [-0.15, -0.1) is 0 Å². The summed E-state index contributed by atoms with van der Waals surface area (Å²) in [5.74, 6) is 1.38. The molecule has 1 atom stereocenters. The summed E-state index contributed by atoms with van der Waals surface area (Å²) >= 11 is 3.45. The fourth-order valence-electron chi connectivity index (χ4n) is 4.61. The molecule has 1 aromatic carbocycles. The SMILES string of the molecule is O=C(C1CC(=O)N(c2cccc(Br)c2)C1)N1CCN(c2ccnc(N3CCOCC3)n2)CC1. The maximum Gasteiger partial charge on any atom is 0.228 e. The molecule has 0 N–H and O–H groups in total. The van der Waals surface area contributed by atoms with Crippen LogP contribution in [-0.2, 0) is 14.3 Å². The summed E-state index contributed by atoms with van der Waals surface area (Å²) in [6, 6.07) is 9.57. The van der Waals surface area contributed by atoms with Gasteiger partial charge in [0, 0.05) is 68.6 Å². The largest absolute Gasteiger partial charge is 0.378 e. The van der Waals surface area contributed by atoms with Crippen molar-refractivity contribution in [2.75, 3.05) is 73.7 Å². The van der Waals surface area contributed by atoms with E-state index in [4.69, 9.17) is 9.72 Å². The number of ether oxygens (including phenoxy) is 1. The van der Waals surface area contributed by atoms with E-state index in [2.05, 4.69) is 30.7 Å². The highest BCUT2D eigenvalue weighted by molar-refractivity contribution is 9.10. The number of rotatable bonds is 4. The molecule has 2 amide bonds. The summed E-state index contributed by atoms with van der Waals surface area (Å²) in [7, 11) is 0. The second kappa shape index (κ2) is 9.64. The van der Waals surface area contributed by atoms with Crippen molar-refractivity contribution in [2.24, 2.45) is 5.92 Å². The molecule has 174 valence electrons. The molecule has 2 aromatic rings. The topological polar surface area (TPSA) is 82.1 Å². The van der Waals surface area contributed by atoms with E-state index in [-0.39, 0.29) is 24.2 Å². The highest BCUT2D eigenvalue weighted by atomic mass is 79.9. The van der Waals surface area contributed by atoms with Gasteiger partial charge in [0.2, 0.25) is 17.8 Å². The van der Waals surface area contributed by atoms with Gasteiger partial charge in [0.15, 0.2) is 0 Å². The third-order valence-electron chi connectivity index (χ3n) is 6.43. The summed E-state index contributed by atoms with van der Waals surface area (Å²) < 4.78 is 6.33. The van der Waals surface area contributed by atoms with Crippen LogP contribution in [0.25, 0.3) is 0 Å². The molecule has 3 aliphatic heterocycles. The summed E-state index contributed by atoms with van der Waals surface area (Å²) in [5.41, 5.74) is 0.828. The van der Waals surface area contributed by atoms with E-state index in [0.717, 1.165) is 35.0 Å². The normalized spacial score (nSPS) is 21.6. The van der Waals surface area contributed by atoms with Crippen molar-refractivity contribution in [1.82, 2.24) is 14.9 Å². The average Bonchev–Trinajstić information content (AvgIpc) is 3.26. The maximum absolute atomic E-state index is 13.2. The van der Waals surface area contributed by atoms with Crippen molar-refractivity contribution >= 4 is 45.2 Å². The minimum Gasteiger partial charge on any atom is -0.378 e. The van der Waals surface area contributed by atoms with E-state index in [0.29, 0.717) is 45.9 Å². The van der Waals surface area contributed by atoms with Gasteiger partial charge in [-0.25, -0.2) is 4.98 Å². The lowest BCUT2D eigenvalue weighted by atomic mass is 10.1. The van der Waals surface area contributed by atoms with E-state index < -0.39 is 0 Å². The van der Waals surface area contributed by atoms with Crippen LogP contribution >= 0.6 is 15.9 Å². The maximum atomic E-state index is 13.2. The molecule has 3 aliphatic rings. The van der Waals surface area contributed by atoms with Crippen LogP contribution in [0.2, 0.25) is 0 Å². The number of carbonyl (C=O) groups excluding carboxylic acids is 2. The monoisotopic (exact) mass is 514 g/mol. The van der Waals surface area contributed by atoms with E-state index in [1.54, 1.807) is 11.1 Å². The lowest BCUT2D eigenvalue weighted by Crippen LogP contribution is -2.51. The molecule has 3 saturated heterocycles. The summed E-state index contributed by atoms with van der Waals surface area (Å²) in [5, 5.41) is 0. The first-order valence-electron chi connectivity index (χ1n) is 11.3. The van der Waals surface area contributed by atoms with Crippen molar-refractivity contribution in [3.8, 4) is 0 Å². The zero-order valence-electron chi connectivity index (χ0n) is 18.4. The van der Waals surface area contributed by atoms with Gasteiger partial charge in [-0.3, -0.25) is 9.59 Å². The number of anilines is 3. The second-order valence-corrected chi connectivity index (χ2v) is 9.43. The van der Waals surface area contributed by atoms with Gasteiger partial charge in [0.1, 0.15) is 5.82 Å². The molecule has 0 radical (unpaired) electrons. The van der Waals surface area contributed by atoms with Crippen LogP contribution in [0.15, 0.2) is 41.0 Å². The predicted octanol–water partition coefficient (Wildman–Crippen LogP) is 1.78. The molecular weight excluding hydrogens is 488 g/mol. The first-order chi connectivity index (χ1) is 16.1. The van der Waals surface area contributed by atoms with Gasteiger partial charge in [-0.1, -0.05) is 22.0 Å². The minimum absolute atomic E-state index is 0.00159. The van der Waals surface area contributed by atoms with Crippen LogP contribution in [0.3, 0.4) is 0 Å². The zero-order valence-corrected chi connectivity index (χ0v) is 20.0. The van der Waals surface area contributed by atoms with Crippen molar-refractivity contribution in [2.45, 2.75) is 6.42 Å². The van der Waals surface area contributed by atoms with Crippen molar-refractivity contribution in [3.05, 3.63) is 41.0 Å². The number of amides is 2. The minimum atomic E-state index is -0.296. The van der Waals surface area contributed by atoms with Gasteiger partial charge in [-0.2, -0.15) is 4.98 Å². The van der Waals surface area contributed by atoms with Crippen LogP contribution in [0.4, 0.5) is 17.5 Å². The Morgan fingerprint density at radius 3 is 2.58 bits per heavy atom. The Hall–Kier alpha value is -2.72. The average molecular weight is 515 g/mol. The molecule has 10 heteroatoms. The van der Waals surface area contributed by atoms with E-state index >= 15 is 0 Å². The Morgan fingerprint density at radius 2 is 1.82 bits per heavy atom. The molecule has 1 unspecified atom stereocenters. The molecule has 1 aromatic heterocycles. The van der Waals surface area contributed by atoms with Crippen LogP contribution in [0.1, 0.15) is 6.42 Å². The molecule has 0 spiro atoms. The standard InChI is InChI=1S/C23H27BrN6O3/c24-18-2-1-3-19(15-18)30-16-17(14-21(30)31)22(32)28-8-6-27(7-9-28)20-4-5-25-23(26-20)29-10-12-33-13-11-29/h1-5,15,17H,6-14,16H2. The smallest absolute Gasteiger partial charge is 0.228 e. The number of hydrogen-bond acceptors (Lipinski definition) is 7. The van der Waals surface area contributed by atoms with Crippen molar-refractivity contribution in [1.29, 1.82) is 0 Å². The zero-order chi connectivity index (χ0) is 22.8. The molecule has 5 rings (SSSR count). The summed E-state index contributed by atoms with van der Waals surface area (Å²) in [6.45, 7) is 6.07. The van der Waals surface area contributed by atoms with Crippen LogP contribution < -0.4 is 14.7 Å². The molecule has 0 saturated carbocycles. The Bertz CT molecular complexity index is 1020. The predicted molar refractivity (Wildman–Crippen MR) is 128 cm³/mol. The molecule has 33 heavy (non-hydrogen) atoms. The van der Waals surface area contributed by atoms with Gasteiger partial charge in [-0.05, 0) is 24.3 Å². The number of morpholine rings is 1. The number of halogens is 1. The van der Waals surface area contributed by atoms with Gasteiger partial charge in [0.05, 0.1) is 19.1 Å². The van der Waals surface area contributed by atoms with Crippen molar-refractivity contribution in [3.63, 3.8) is 0 Å². The summed E-state index contributed by atoms with van der Waals surface area (Å²) in [4.78, 5) is 42.9. The fourth-order valence-corrected chi connectivity index (χ4v) is 5.00. The third kappa shape index (κ3) is 4.81. The van der Waals surface area contributed by atoms with Gasteiger partial charge >= 0.3 is 0 Å². The second-order valence-electron chi connectivity index (χ2n) is 8.51. The highest BCUT2D eigenvalue weighted by Gasteiger charge is 2.38. The Morgan fingerprint density at radius 1 is 1.03 bits per heavy atom. The number of hydrogen-bond donors (Lipinski definition) is 0. The lowest BCUT2D eigenvalue weighted by Gasteiger charge is -2.36. The van der Waals surface area contributed by atoms with Crippen LogP contribution in [-0.4, -0.2) is 85.7 Å². The number of nitrogens with zero attached hydrogens (tertiary/aromatic N) is 6. The molecule has 0 bridgehead atoms. The molecular formula is C23H27BrN6O3. The first kappa shape index (κ1) is 22.1. The van der Waals surface area contributed by atoms with Crippen LogP contribution in [0, 0.1) is 5.92 Å². The number of benzene rings is 1. The van der Waals surface area contributed by atoms with E-state index in [1.165, 1.54) is 0 Å². The highest BCUT2D eigenvalue weighted by Crippen LogP contribution is 2.29. The molecule has 0 aliphatic carbocycles. The van der Waals surface area contributed by atoms with E-state index in [9.17, 15) is 9.59 Å². The van der Waals surface area contributed by atoms with Gasteiger partial charge in [0.25, 0.3) is 0 Å². The molecule has 3 fully saturated rings. The molecule has 9 nitrogen and oxygen atoms in total. The number of aromatic nitrogens is 2. The Labute approximate surface area is 201 Å². The lowest BCUT2D eigenvalue weighted by molar-refractivity contribution is -0.136. The van der Waals surface area contributed by atoms with Crippen molar-refractivity contribution < 1.29 is 14.3 Å². The first-order valence-corrected chi connectivity index (χ1v) is 12.1. The summed E-state index contributed by atoms with van der Waals surface area (Å²) in [6.07, 6.45) is 2.06.